The first kappa shape index (κ1) is 13.4. The van der Waals surface area contributed by atoms with Gasteiger partial charge in [0.2, 0.25) is 0 Å². The average molecular weight is 259 g/mol. The highest BCUT2D eigenvalue weighted by Crippen LogP contribution is 2.34. The second-order valence-corrected chi connectivity index (χ2v) is 6.13. The van der Waals surface area contributed by atoms with Gasteiger partial charge >= 0.3 is 5.97 Å². The van der Waals surface area contributed by atoms with E-state index in [0.717, 1.165) is 16.9 Å². The van der Waals surface area contributed by atoms with Crippen LogP contribution in [0.25, 0.3) is 0 Å². The third-order valence-corrected chi connectivity index (χ3v) is 3.82. The van der Waals surface area contributed by atoms with E-state index in [-0.39, 0.29) is 0 Å². The molecule has 0 aromatic heterocycles. The standard InChI is InChI=1S/C12H15ClO2S/c1-4-8-5-6-9(7-10(8)13)16-12(2,3)11(14)15/h5-7H,4H2,1-3H3,(H,14,15). The van der Waals surface area contributed by atoms with Gasteiger partial charge in [-0.05, 0) is 38.0 Å². The number of halogens is 1. The summed E-state index contributed by atoms with van der Waals surface area (Å²) in [5.41, 5.74) is 1.08. The van der Waals surface area contributed by atoms with Crippen LogP contribution in [0.1, 0.15) is 26.3 Å². The fraction of sp³-hybridized carbons (Fsp3) is 0.417. The van der Waals surface area contributed by atoms with Gasteiger partial charge in [-0.1, -0.05) is 24.6 Å². The lowest BCUT2D eigenvalue weighted by Gasteiger charge is -2.18. The lowest BCUT2D eigenvalue weighted by molar-refractivity contribution is -0.138. The van der Waals surface area contributed by atoms with Crippen molar-refractivity contribution in [3.8, 4) is 0 Å². The zero-order chi connectivity index (χ0) is 12.3. The second-order valence-electron chi connectivity index (χ2n) is 4.02. The predicted molar refractivity (Wildman–Crippen MR) is 68.4 cm³/mol. The van der Waals surface area contributed by atoms with Crippen LogP contribution in [-0.4, -0.2) is 15.8 Å². The summed E-state index contributed by atoms with van der Waals surface area (Å²) >= 11 is 7.38. The van der Waals surface area contributed by atoms with Gasteiger partial charge in [0.25, 0.3) is 0 Å². The summed E-state index contributed by atoms with van der Waals surface area (Å²) < 4.78 is -0.836. The Hall–Kier alpha value is -0.670. The minimum absolute atomic E-state index is 0.702. The molecular weight excluding hydrogens is 244 g/mol. The first-order valence-electron chi connectivity index (χ1n) is 5.07. The Labute approximate surface area is 105 Å². The lowest BCUT2D eigenvalue weighted by Crippen LogP contribution is -2.26. The Bertz CT molecular complexity index is 402. The molecule has 2 nitrogen and oxygen atoms in total. The molecule has 4 heteroatoms. The summed E-state index contributed by atoms with van der Waals surface area (Å²) in [7, 11) is 0. The van der Waals surface area contributed by atoms with E-state index in [2.05, 4.69) is 0 Å². The number of aryl methyl sites for hydroxylation is 1. The highest BCUT2D eigenvalue weighted by Gasteiger charge is 2.28. The van der Waals surface area contributed by atoms with Crippen LogP contribution in [0.4, 0.5) is 0 Å². The number of aliphatic carboxylic acids is 1. The zero-order valence-corrected chi connectivity index (χ0v) is 11.2. The first-order valence-corrected chi connectivity index (χ1v) is 6.27. The molecule has 0 spiro atoms. The van der Waals surface area contributed by atoms with Gasteiger partial charge in [-0.3, -0.25) is 4.79 Å². The molecule has 0 aliphatic heterocycles. The maximum Gasteiger partial charge on any atom is 0.319 e. The topological polar surface area (TPSA) is 37.3 Å². The molecule has 0 saturated heterocycles. The highest BCUT2D eigenvalue weighted by atomic mass is 35.5. The van der Waals surface area contributed by atoms with Gasteiger partial charge < -0.3 is 5.11 Å². The molecule has 16 heavy (non-hydrogen) atoms. The molecule has 0 unspecified atom stereocenters. The van der Waals surface area contributed by atoms with Crippen LogP contribution in [0.3, 0.4) is 0 Å². The van der Waals surface area contributed by atoms with E-state index in [1.54, 1.807) is 13.8 Å². The number of carbonyl (C=O) groups is 1. The fourth-order valence-corrected chi connectivity index (χ4v) is 2.58. The molecule has 0 radical (unpaired) electrons. The molecule has 0 bridgehead atoms. The van der Waals surface area contributed by atoms with Crippen molar-refractivity contribution in [1.82, 2.24) is 0 Å². The second kappa shape index (κ2) is 5.11. The van der Waals surface area contributed by atoms with E-state index >= 15 is 0 Å². The third kappa shape index (κ3) is 3.16. The molecule has 1 rings (SSSR count). The number of benzene rings is 1. The Balaban J connectivity index is 2.91. The van der Waals surface area contributed by atoms with Crippen molar-refractivity contribution in [2.75, 3.05) is 0 Å². The van der Waals surface area contributed by atoms with Crippen LogP contribution >= 0.6 is 23.4 Å². The van der Waals surface area contributed by atoms with Crippen molar-refractivity contribution in [3.05, 3.63) is 28.8 Å². The summed E-state index contributed by atoms with van der Waals surface area (Å²) in [5.74, 6) is -0.826. The Morgan fingerprint density at radius 2 is 2.12 bits per heavy atom. The van der Waals surface area contributed by atoms with E-state index in [9.17, 15) is 4.79 Å². The molecule has 0 aliphatic carbocycles. The minimum atomic E-state index is -0.836. The molecule has 88 valence electrons. The van der Waals surface area contributed by atoms with E-state index in [1.165, 1.54) is 11.8 Å². The molecule has 0 saturated carbocycles. The van der Waals surface area contributed by atoms with Gasteiger partial charge in [-0.25, -0.2) is 0 Å². The number of rotatable bonds is 4. The average Bonchev–Trinajstić information content (AvgIpc) is 2.17. The Morgan fingerprint density at radius 1 is 1.50 bits per heavy atom. The SMILES string of the molecule is CCc1ccc(SC(C)(C)C(=O)O)cc1Cl. The minimum Gasteiger partial charge on any atom is -0.480 e. The molecular formula is C12H15ClO2S. The highest BCUT2D eigenvalue weighted by molar-refractivity contribution is 8.01. The number of thioether (sulfide) groups is 1. The van der Waals surface area contributed by atoms with E-state index in [1.807, 2.05) is 25.1 Å². The van der Waals surface area contributed by atoms with Crippen LogP contribution in [0.15, 0.2) is 23.1 Å². The van der Waals surface area contributed by atoms with Crippen molar-refractivity contribution in [3.63, 3.8) is 0 Å². The summed E-state index contributed by atoms with van der Waals surface area (Å²) in [6, 6.07) is 5.69. The van der Waals surface area contributed by atoms with Crippen molar-refractivity contribution < 1.29 is 9.90 Å². The normalized spacial score (nSPS) is 11.5. The van der Waals surface area contributed by atoms with Gasteiger partial charge in [0.1, 0.15) is 4.75 Å². The number of hydrogen-bond acceptors (Lipinski definition) is 2. The van der Waals surface area contributed by atoms with E-state index in [4.69, 9.17) is 16.7 Å². The monoisotopic (exact) mass is 258 g/mol. The summed E-state index contributed by atoms with van der Waals surface area (Å²) in [5, 5.41) is 9.72. The van der Waals surface area contributed by atoms with Crippen LogP contribution < -0.4 is 0 Å². The maximum atomic E-state index is 11.0. The maximum absolute atomic E-state index is 11.0. The van der Waals surface area contributed by atoms with Crippen molar-refractivity contribution >= 4 is 29.3 Å². The van der Waals surface area contributed by atoms with Crippen LogP contribution in [0, 0.1) is 0 Å². The molecule has 1 aromatic rings. The van der Waals surface area contributed by atoms with Gasteiger partial charge in [-0.2, -0.15) is 0 Å². The molecule has 1 N–H and O–H groups in total. The van der Waals surface area contributed by atoms with Crippen molar-refractivity contribution in [2.45, 2.75) is 36.8 Å². The molecule has 0 amide bonds. The molecule has 1 aromatic carbocycles. The largest absolute Gasteiger partial charge is 0.480 e. The Morgan fingerprint density at radius 3 is 2.56 bits per heavy atom. The van der Waals surface area contributed by atoms with Crippen molar-refractivity contribution in [1.29, 1.82) is 0 Å². The summed E-state index contributed by atoms with van der Waals surface area (Å²) in [6.45, 7) is 5.40. The molecule has 0 heterocycles. The van der Waals surface area contributed by atoms with E-state index in [0.29, 0.717) is 5.02 Å². The van der Waals surface area contributed by atoms with Gasteiger partial charge in [-0.15, -0.1) is 11.8 Å². The molecule has 0 aliphatic rings. The summed E-state index contributed by atoms with van der Waals surface area (Å²) in [4.78, 5) is 11.9. The number of hydrogen-bond donors (Lipinski definition) is 1. The molecule has 0 atom stereocenters. The first-order chi connectivity index (χ1) is 7.36. The quantitative estimate of drug-likeness (QED) is 0.834. The summed E-state index contributed by atoms with van der Waals surface area (Å²) in [6.07, 6.45) is 0.881. The smallest absolute Gasteiger partial charge is 0.319 e. The fourth-order valence-electron chi connectivity index (χ4n) is 1.22. The van der Waals surface area contributed by atoms with E-state index < -0.39 is 10.7 Å². The van der Waals surface area contributed by atoms with Crippen LogP contribution in [-0.2, 0) is 11.2 Å². The van der Waals surface area contributed by atoms with Crippen LogP contribution in [0.2, 0.25) is 5.02 Å². The van der Waals surface area contributed by atoms with Crippen molar-refractivity contribution in [2.24, 2.45) is 0 Å². The Kier molecular flexibility index (Phi) is 4.28. The van der Waals surface area contributed by atoms with Gasteiger partial charge in [0, 0.05) is 9.92 Å². The zero-order valence-electron chi connectivity index (χ0n) is 9.58. The third-order valence-electron chi connectivity index (χ3n) is 2.29. The lowest BCUT2D eigenvalue weighted by atomic mass is 10.2. The number of carboxylic acid groups (broad SMARTS) is 1. The predicted octanol–water partition coefficient (Wildman–Crippen LogP) is 3.86. The number of carboxylic acids is 1. The molecule has 0 fully saturated rings. The van der Waals surface area contributed by atoms with Gasteiger partial charge in [0.15, 0.2) is 0 Å². The van der Waals surface area contributed by atoms with Crippen LogP contribution in [0.5, 0.6) is 0 Å². The van der Waals surface area contributed by atoms with Gasteiger partial charge in [0.05, 0.1) is 0 Å².